The highest BCUT2D eigenvalue weighted by Gasteiger charge is 2.05. The summed E-state index contributed by atoms with van der Waals surface area (Å²) in [6, 6.07) is 4.19. The molecular formula is C9H14N2OS. The number of hydrogen-bond acceptors (Lipinski definition) is 4. The third-order valence-electron chi connectivity index (χ3n) is 1.96. The summed E-state index contributed by atoms with van der Waals surface area (Å²) in [6.45, 7) is 4.23. The van der Waals surface area contributed by atoms with Crippen LogP contribution in [-0.2, 0) is 0 Å². The van der Waals surface area contributed by atoms with Gasteiger partial charge < -0.3 is 9.08 Å². The zero-order valence-electron chi connectivity index (χ0n) is 8.06. The molecule has 0 aliphatic heterocycles. The topological polar surface area (TPSA) is 25.4 Å². The second kappa shape index (κ2) is 4.37. The lowest BCUT2D eigenvalue weighted by Gasteiger charge is -2.22. The van der Waals surface area contributed by atoms with E-state index in [1.54, 1.807) is 6.20 Å². The molecule has 0 atom stereocenters. The average molecular weight is 198 g/mol. The fraction of sp³-hybridized carbons (Fsp3) is 0.444. The van der Waals surface area contributed by atoms with E-state index in [9.17, 15) is 0 Å². The van der Waals surface area contributed by atoms with Crippen molar-refractivity contribution in [1.29, 1.82) is 0 Å². The van der Waals surface area contributed by atoms with Gasteiger partial charge in [0.05, 0.1) is 6.20 Å². The molecule has 0 N–H and O–H groups in total. The zero-order chi connectivity index (χ0) is 9.84. The number of anilines is 1. The van der Waals surface area contributed by atoms with Crippen LogP contribution in [0.3, 0.4) is 0 Å². The highest BCUT2D eigenvalue weighted by atomic mass is 32.1. The van der Waals surface area contributed by atoms with Crippen molar-refractivity contribution >= 4 is 18.7 Å². The van der Waals surface area contributed by atoms with Crippen LogP contribution in [0.5, 0.6) is 5.75 Å². The molecule has 1 heterocycles. The first kappa shape index (κ1) is 10.2. The first-order valence-corrected chi connectivity index (χ1v) is 4.52. The Kier molecular flexibility index (Phi) is 3.42. The van der Waals surface area contributed by atoms with E-state index in [4.69, 9.17) is 4.18 Å². The number of pyridine rings is 1. The Hall–Kier alpha value is -0.900. The van der Waals surface area contributed by atoms with Crippen LogP contribution in [0.2, 0.25) is 0 Å². The first-order valence-electron chi connectivity index (χ1n) is 4.15. The van der Waals surface area contributed by atoms with Crippen LogP contribution in [0.15, 0.2) is 18.3 Å². The van der Waals surface area contributed by atoms with Gasteiger partial charge in [-0.3, -0.25) is 0 Å². The number of rotatable bonds is 3. The molecule has 13 heavy (non-hydrogen) atoms. The smallest absolute Gasteiger partial charge is 0.155 e. The second-order valence-electron chi connectivity index (χ2n) is 3.15. The van der Waals surface area contributed by atoms with E-state index in [1.165, 1.54) is 0 Å². The molecule has 0 saturated heterocycles. The van der Waals surface area contributed by atoms with Gasteiger partial charge in [-0.05, 0) is 26.0 Å². The molecule has 0 bridgehead atoms. The van der Waals surface area contributed by atoms with Gasteiger partial charge >= 0.3 is 0 Å². The minimum atomic E-state index is 0.440. The Labute approximate surface area is 84.3 Å². The van der Waals surface area contributed by atoms with Gasteiger partial charge in [-0.15, -0.1) is 0 Å². The minimum absolute atomic E-state index is 0.440. The molecule has 0 radical (unpaired) electrons. The van der Waals surface area contributed by atoms with Crippen LogP contribution in [0.4, 0.5) is 5.82 Å². The summed E-state index contributed by atoms with van der Waals surface area (Å²) in [7, 11) is 2.01. The molecule has 0 saturated carbocycles. The third-order valence-corrected chi connectivity index (χ3v) is 2.17. The van der Waals surface area contributed by atoms with Gasteiger partial charge in [-0.1, -0.05) is 0 Å². The predicted molar refractivity (Wildman–Crippen MR) is 57.4 cm³/mol. The number of aromatic nitrogens is 1. The maximum atomic E-state index is 4.72. The number of hydrogen-bond donors (Lipinski definition) is 1. The van der Waals surface area contributed by atoms with Crippen LogP contribution in [-0.4, -0.2) is 18.1 Å². The molecule has 72 valence electrons. The molecule has 0 fully saturated rings. The lowest BCUT2D eigenvalue weighted by Crippen LogP contribution is -2.26. The third kappa shape index (κ3) is 2.52. The predicted octanol–water partition coefficient (Wildman–Crippen LogP) is 2.15. The van der Waals surface area contributed by atoms with Crippen molar-refractivity contribution in [3.8, 4) is 5.75 Å². The standard InChI is InChI=1S/C9H14N2OS/c1-7(2)11(3)9-5-4-8(12-13)6-10-9/h4-7,13H,1-3H3. The Balaban J connectivity index is 2.79. The molecular weight excluding hydrogens is 184 g/mol. The molecule has 0 spiro atoms. The highest BCUT2D eigenvalue weighted by molar-refractivity contribution is 7.75. The average Bonchev–Trinajstić information content (AvgIpc) is 2.17. The molecule has 1 aromatic heterocycles. The summed E-state index contributed by atoms with van der Waals surface area (Å²) in [5.41, 5.74) is 0. The number of thiol groups is 1. The van der Waals surface area contributed by atoms with E-state index in [1.807, 2.05) is 19.2 Å². The maximum absolute atomic E-state index is 4.72. The summed E-state index contributed by atoms with van der Waals surface area (Å²) in [5, 5.41) is 0. The van der Waals surface area contributed by atoms with Gasteiger partial charge in [-0.2, -0.15) is 0 Å². The van der Waals surface area contributed by atoms with Crippen molar-refractivity contribution in [3.05, 3.63) is 18.3 Å². The Morgan fingerprint density at radius 1 is 1.46 bits per heavy atom. The molecule has 1 aromatic rings. The van der Waals surface area contributed by atoms with Crippen LogP contribution in [0.1, 0.15) is 13.8 Å². The quantitative estimate of drug-likeness (QED) is 0.595. The minimum Gasteiger partial charge on any atom is -0.427 e. The molecule has 4 heteroatoms. The summed E-state index contributed by atoms with van der Waals surface area (Å²) < 4.78 is 4.72. The number of nitrogens with zero attached hydrogens (tertiary/aromatic N) is 2. The summed E-state index contributed by atoms with van der Waals surface area (Å²) in [6.07, 6.45) is 1.65. The van der Waals surface area contributed by atoms with Crippen LogP contribution in [0.25, 0.3) is 0 Å². The molecule has 3 nitrogen and oxygen atoms in total. The highest BCUT2D eigenvalue weighted by Crippen LogP contribution is 2.16. The fourth-order valence-electron chi connectivity index (χ4n) is 0.900. The van der Waals surface area contributed by atoms with Gasteiger partial charge in [0.25, 0.3) is 0 Å². The molecule has 0 aliphatic rings. The SMILES string of the molecule is CC(C)N(C)c1ccc(OS)cn1. The van der Waals surface area contributed by atoms with Gasteiger partial charge in [0.2, 0.25) is 0 Å². The first-order chi connectivity index (χ1) is 6.15. The molecule has 0 aromatic carbocycles. The molecule has 0 aliphatic carbocycles. The van der Waals surface area contributed by atoms with Crippen molar-refractivity contribution in [2.24, 2.45) is 0 Å². The normalized spacial score (nSPS) is 10.2. The summed E-state index contributed by atoms with van der Waals surface area (Å²) in [5.74, 6) is 1.59. The van der Waals surface area contributed by atoms with Crippen LogP contribution in [0, 0.1) is 0 Å². The Bertz CT molecular complexity index is 261. The van der Waals surface area contributed by atoms with Gasteiger partial charge in [0.1, 0.15) is 5.82 Å². The summed E-state index contributed by atoms with van der Waals surface area (Å²) >= 11 is 3.68. The van der Waals surface area contributed by atoms with E-state index in [0.717, 1.165) is 5.82 Å². The van der Waals surface area contributed by atoms with Crippen molar-refractivity contribution in [2.45, 2.75) is 19.9 Å². The Morgan fingerprint density at radius 2 is 2.15 bits per heavy atom. The van der Waals surface area contributed by atoms with E-state index < -0.39 is 0 Å². The van der Waals surface area contributed by atoms with Gasteiger partial charge in [-0.25, -0.2) is 4.98 Å². The second-order valence-corrected chi connectivity index (χ2v) is 3.33. The molecule has 0 amide bonds. The van der Waals surface area contributed by atoms with Crippen LogP contribution >= 0.6 is 12.9 Å². The van der Waals surface area contributed by atoms with Crippen molar-refractivity contribution in [3.63, 3.8) is 0 Å². The van der Waals surface area contributed by atoms with E-state index in [-0.39, 0.29) is 0 Å². The van der Waals surface area contributed by atoms with E-state index >= 15 is 0 Å². The van der Waals surface area contributed by atoms with Crippen molar-refractivity contribution < 1.29 is 4.18 Å². The Morgan fingerprint density at radius 3 is 2.54 bits per heavy atom. The van der Waals surface area contributed by atoms with Crippen LogP contribution < -0.4 is 9.08 Å². The lowest BCUT2D eigenvalue weighted by molar-refractivity contribution is 0.652. The van der Waals surface area contributed by atoms with E-state index in [0.29, 0.717) is 11.8 Å². The van der Waals surface area contributed by atoms with Crippen molar-refractivity contribution in [1.82, 2.24) is 4.98 Å². The van der Waals surface area contributed by atoms with Crippen molar-refractivity contribution in [2.75, 3.05) is 11.9 Å². The summed E-state index contributed by atoms with van der Waals surface area (Å²) in [4.78, 5) is 6.31. The fourth-order valence-corrected chi connectivity index (χ4v) is 1.01. The maximum Gasteiger partial charge on any atom is 0.155 e. The van der Waals surface area contributed by atoms with Gasteiger partial charge in [0.15, 0.2) is 5.75 Å². The zero-order valence-corrected chi connectivity index (χ0v) is 8.95. The monoisotopic (exact) mass is 198 g/mol. The van der Waals surface area contributed by atoms with Gasteiger partial charge in [0, 0.05) is 26.0 Å². The van der Waals surface area contributed by atoms with E-state index in [2.05, 4.69) is 36.6 Å². The molecule has 1 rings (SSSR count). The lowest BCUT2D eigenvalue weighted by atomic mass is 10.3. The largest absolute Gasteiger partial charge is 0.427 e. The molecule has 0 unspecified atom stereocenters.